The highest BCUT2D eigenvalue weighted by Crippen LogP contribution is 2.21. The van der Waals surface area contributed by atoms with Crippen LogP contribution < -0.4 is 10.6 Å². The SMILES string of the molecule is Nc1ncc(CN2CCN(c3ccccc3)CC2)c2nc(-c3cccnc3)nn12. The molecular weight excluding hydrogens is 364 g/mol. The summed E-state index contributed by atoms with van der Waals surface area (Å²) in [6.07, 6.45) is 5.30. The standard InChI is InChI=1S/C21H22N8/c22-21-24-14-17(20-25-19(26-29(20)21)16-5-4-8-23-13-16)15-27-9-11-28(12-10-27)18-6-2-1-3-7-18/h1-8,13-14H,9-12,15H2,(H2,22,24). The Labute approximate surface area is 168 Å². The molecule has 146 valence electrons. The van der Waals surface area contributed by atoms with Crippen molar-refractivity contribution in [2.45, 2.75) is 6.54 Å². The smallest absolute Gasteiger partial charge is 0.223 e. The van der Waals surface area contributed by atoms with E-state index in [1.54, 1.807) is 16.9 Å². The molecule has 0 aliphatic carbocycles. The van der Waals surface area contributed by atoms with E-state index >= 15 is 0 Å². The minimum Gasteiger partial charge on any atom is -0.369 e. The van der Waals surface area contributed by atoms with Gasteiger partial charge in [-0.15, -0.1) is 5.10 Å². The molecule has 8 heteroatoms. The van der Waals surface area contributed by atoms with Crippen LogP contribution in [0.25, 0.3) is 17.0 Å². The lowest BCUT2D eigenvalue weighted by Gasteiger charge is -2.36. The molecule has 1 saturated heterocycles. The number of nitrogens with zero attached hydrogens (tertiary/aromatic N) is 7. The molecule has 5 rings (SSSR count). The van der Waals surface area contributed by atoms with Gasteiger partial charge in [-0.1, -0.05) is 18.2 Å². The van der Waals surface area contributed by atoms with Crippen LogP contribution in [0.5, 0.6) is 0 Å². The van der Waals surface area contributed by atoms with E-state index in [2.05, 4.69) is 55.2 Å². The van der Waals surface area contributed by atoms with E-state index in [0.29, 0.717) is 11.8 Å². The predicted molar refractivity (Wildman–Crippen MR) is 112 cm³/mol. The molecule has 0 unspecified atom stereocenters. The molecule has 0 radical (unpaired) electrons. The first-order valence-electron chi connectivity index (χ1n) is 9.71. The number of hydrogen-bond acceptors (Lipinski definition) is 7. The number of anilines is 2. The van der Waals surface area contributed by atoms with Gasteiger partial charge in [0.15, 0.2) is 11.5 Å². The average Bonchev–Trinajstić information content (AvgIpc) is 3.24. The summed E-state index contributed by atoms with van der Waals surface area (Å²) >= 11 is 0. The molecule has 4 heterocycles. The third-order valence-electron chi connectivity index (χ3n) is 5.27. The molecule has 1 aromatic carbocycles. The molecule has 0 bridgehead atoms. The van der Waals surface area contributed by atoms with E-state index < -0.39 is 0 Å². The zero-order valence-electron chi connectivity index (χ0n) is 16.0. The zero-order chi connectivity index (χ0) is 19.6. The summed E-state index contributed by atoms with van der Waals surface area (Å²) in [5.41, 5.74) is 9.96. The van der Waals surface area contributed by atoms with Gasteiger partial charge in [0.25, 0.3) is 0 Å². The number of pyridine rings is 1. The van der Waals surface area contributed by atoms with Gasteiger partial charge in [-0.05, 0) is 24.3 Å². The lowest BCUT2D eigenvalue weighted by Crippen LogP contribution is -2.46. The quantitative estimate of drug-likeness (QED) is 0.574. The van der Waals surface area contributed by atoms with E-state index in [0.717, 1.165) is 49.5 Å². The summed E-state index contributed by atoms with van der Waals surface area (Å²) in [6.45, 7) is 4.72. The summed E-state index contributed by atoms with van der Waals surface area (Å²) in [5, 5.41) is 4.54. The molecule has 1 fully saturated rings. The van der Waals surface area contributed by atoms with Gasteiger partial charge in [0, 0.05) is 68.1 Å². The normalized spacial score (nSPS) is 15.1. The van der Waals surface area contributed by atoms with Gasteiger partial charge in [0.1, 0.15) is 0 Å². The Morgan fingerprint density at radius 2 is 1.76 bits per heavy atom. The van der Waals surface area contributed by atoms with E-state index in [4.69, 9.17) is 10.7 Å². The lowest BCUT2D eigenvalue weighted by molar-refractivity contribution is 0.250. The average molecular weight is 386 g/mol. The predicted octanol–water partition coefficient (Wildman–Crippen LogP) is 2.09. The van der Waals surface area contributed by atoms with Crippen molar-refractivity contribution in [3.8, 4) is 11.4 Å². The van der Waals surface area contributed by atoms with Gasteiger partial charge in [0.05, 0.1) is 0 Å². The largest absolute Gasteiger partial charge is 0.369 e. The first-order chi connectivity index (χ1) is 14.3. The highest BCUT2D eigenvalue weighted by atomic mass is 15.4. The van der Waals surface area contributed by atoms with Crippen LogP contribution in [0.1, 0.15) is 5.56 Å². The highest BCUT2D eigenvalue weighted by molar-refractivity contribution is 5.60. The molecule has 0 spiro atoms. The van der Waals surface area contributed by atoms with Crippen LogP contribution in [0.15, 0.2) is 61.1 Å². The number of benzene rings is 1. The molecule has 3 aromatic heterocycles. The number of aromatic nitrogens is 5. The number of nitrogens with two attached hydrogens (primary N) is 1. The van der Waals surface area contributed by atoms with E-state index in [1.165, 1.54) is 5.69 Å². The fourth-order valence-electron chi connectivity index (χ4n) is 3.71. The van der Waals surface area contributed by atoms with Crippen LogP contribution in [0.3, 0.4) is 0 Å². The van der Waals surface area contributed by atoms with Gasteiger partial charge >= 0.3 is 0 Å². The molecule has 4 aromatic rings. The summed E-state index contributed by atoms with van der Waals surface area (Å²) in [5.74, 6) is 0.938. The van der Waals surface area contributed by atoms with Gasteiger partial charge in [0.2, 0.25) is 5.95 Å². The summed E-state index contributed by atoms with van der Waals surface area (Å²) in [6, 6.07) is 14.4. The molecule has 1 aliphatic heterocycles. The van der Waals surface area contributed by atoms with Crippen molar-refractivity contribution >= 4 is 17.3 Å². The van der Waals surface area contributed by atoms with Gasteiger partial charge in [-0.3, -0.25) is 9.88 Å². The van der Waals surface area contributed by atoms with Crippen molar-refractivity contribution in [1.82, 2.24) is 29.5 Å². The second-order valence-electron chi connectivity index (χ2n) is 7.15. The third-order valence-corrected chi connectivity index (χ3v) is 5.27. The van der Waals surface area contributed by atoms with Crippen LogP contribution in [0.4, 0.5) is 11.6 Å². The maximum atomic E-state index is 6.05. The Hall–Kier alpha value is -3.52. The highest BCUT2D eigenvalue weighted by Gasteiger charge is 2.20. The molecule has 0 atom stereocenters. The van der Waals surface area contributed by atoms with Crippen LogP contribution in [0.2, 0.25) is 0 Å². The Balaban J connectivity index is 1.36. The number of para-hydroxylation sites is 1. The second-order valence-corrected chi connectivity index (χ2v) is 7.15. The maximum Gasteiger partial charge on any atom is 0.223 e. The van der Waals surface area contributed by atoms with E-state index in [1.807, 2.05) is 18.3 Å². The van der Waals surface area contributed by atoms with Crippen LogP contribution in [0, 0.1) is 0 Å². The molecular formula is C21H22N8. The Kier molecular flexibility index (Phi) is 4.53. The van der Waals surface area contributed by atoms with Crippen molar-refractivity contribution in [3.63, 3.8) is 0 Å². The molecule has 8 nitrogen and oxygen atoms in total. The Morgan fingerprint density at radius 3 is 2.52 bits per heavy atom. The minimum absolute atomic E-state index is 0.334. The van der Waals surface area contributed by atoms with Crippen molar-refractivity contribution in [2.75, 3.05) is 36.8 Å². The first-order valence-corrected chi connectivity index (χ1v) is 9.71. The third kappa shape index (κ3) is 3.50. The van der Waals surface area contributed by atoms with Crippen LogP contribution in [-0.4, -0.2) is 55.6 Å². The molecule has 29 heavy (non-hydrogen) atoms. The topological polar surface area (TPSA) is 88.5 Å². The minimum atomic E-state index is 0.334. The monoisotopic (exact) mass is 386 g/mol. The molecule has 0 saturated carbocycles. The number of nitrogen functional groups attached to an aromatic ring is 1. The van der Waals surface area contributed by atoms with E-state index in [9.17, 15) is 0 Å². The van der Waals surface area contributed by atoms with Crippen LogP contribution >= 0.6 is 0 Å². The van der Waals surface area contributed by atoms with Crippen molar-refractivity contribution in [1.29, 1.82) is 0 Å². The summed E-state index contributed by atoms with van der Waals surface area (Å²) < 4.78 is 1.62. The van der Waals surface area contributed by atoms with Crippen molar-refractivity contribution in [2.24, 2.45) is 0 Å². The van der Waals surface area contributed by atoms with Gasteiger partial charge in [-0.2, -0.15) is 4.52 Å². The van der Waals surface area contributed by atoms with Gasteiger partial charge in [-0.25, -0.2) is 9.97 Å². The van der Waals surface area contributed by atoms with Crippen molar-refractivity contribution in [3.05, 3.63) is 66.6 Å². The first kappa shape index (κ1) is 17.6. The molecule has 2 N–H and O–H groups in total. The summed E-state index contributed by atoms with van der Waals surface area (Å²) in [7, 11) is 0. The van der Waals surface area contributed by atoms with Gasteiger partial charge < -0.3 is 10.6 Å². The number of rotatable bonds is 4. The fraction of sp³-hybridized carbons (Fsp3) is 0.238. The fourth-order valence-corrected chi connectivity index (χ4v) is 3.71. The van der Waals surface area contributed by atoms with E-state index in [-0.39, 0.29) is 0 Å². The summed E-state index contributed by atoms with van der Waals surface area (Å²) in [4.78, 5) is 18.1. The Morgan fingerprint density at radius 1 is 0.931 bits per heavy atom. The van der Waals surface area contributed by atoms with Crippen molar-refractivity contribution < 1.29 is 0 Å². The second kappa shape index (κ2) is 7.48. The number of fused-ring (bicyclic) bond motifs is 1. The Bertz CT molecular complexity index is 1100. The zero-order valence-corrected chi connectivity index (χ0v) is 16.0. The number of hydrogen-bond donors (Lipinski definition) is 1. The number of piperazine rings is 1. The maximum absolute atomic E-state index is 6.05. The lowest BCUT2D eigenvalue weighted by atomic mass is 10.2. The molecule has 1 aliphatic rings. The van der Waals surface area contributed by atoms with Crippen LogP contribution in [-0.2, 0) is 6.54 Å². The molecule has 0 amide bonds.